The number of halogens is 3. The maximum Gasteiger partial charge on any atom is 0.127 e. The molecule has 104 valence electrons. The summed E-state index contributed by atoms with van der Waals surface area (Å²) in [5, 5.41) is 0.531. The molecule has 0 nitrogen and oxygen atoms in total. The maximum absolute atomic E-state index is 13.9. The Hall–Kier alpha value is -0.860. The molecule has 1 aliphatic rings. The molecule has 2 aromatic rings. The number of alkyl halides is 1. The lowest BCUT2D eigenvalue weighted by Crippen LogP contribution is -2.19. The molecule has 1 aliphatic carbocycles. The van der Waals surface area contributed by atoms with Gasteiger partial charge in [-0.05, 0) is 48.4 Å². The van der Waals surface area contributed by atoms with Crippen molar-refractivity contribution in [1.82, 2.24) is 0 Å². The second-order valence-electron chi connectivity index (χ2n) is 5.30. The largest absolute Gasteiger partial charge is 0.207 e. The summed E-state index contributed by atoms with van der Waals surface area (Å²) in [5.41, 5.74) is 3.37. The summed E-state index contributed by atoms with van der Waals surface area (Å²) in [6.07, 6.45) is 2.78. The maximum atomic E-state index is 13.9. The molecular formula is C17H15BrClF. The average molecular weight is 354 g/mol. The predicted octanol–water partition coefficient (Wildman–Crippen LogP) is 5.72. The Morgan fingerprint density at radius 2 is 1.95 bits per heavy atom. The Morgan fingerprint density at radius 1 is 1.15 bits per heavy atom. The van der Waals surface area contributed by atoms with Crippen LogP contribution >= 0.6 is 27.5 Å². The van der Waals surface area contributed by atoms with Gasteiger partial charge >= 0.3 is 0 Å². The van der Waals surface area contributed by atoms with Gasteiger partial charge < -0.3 is 0 Å². The van der Waals surface area contributed by atoms with E-state index in [0.29, 0.717) is 22.9 Å². The molecule has 0 fully saturated rings. The Morgan fingerprint density at radius 3 is 2.75 bits per heavy atom. The number of rotatable bonds is 2. The lowest BCUT2D eigenvalue weighted by Gasteiger charge is -2.30. The Labute approximate surface area is 132 Å². The molecule has 0 bridgehead atoms. The molecule has 3 heteroatoms. The van der Waals surface area contributed by atoms with Gasteiger partial charge in [-0.2, -0.15) is 0 Å². The fraction of sp³-hybridized carbons (Fsp3) is 0.294. The van der Waals surface area contributed by atoms with E-state index in [1.165, 1.54) is 17.2 Å². The van der Waals surface area contributed by atoms with Crippen molar-refractivity contribution in [2.75, 3.05) is 0 Å². The van der Waals surface area contributed by atoms with Crippen molar-refractivity contribution in [2.24, 2.45) is 5.92 Å². The van der Waals surface area contributed by atoms with Gasteiger partial charge in [0.15, 0.2) is 0 Å². The third kappa shape index (κ3) is 2.64. The van der Waals surface area contributed by atoms with Crippen LogP contribution in [0.4, 0.5) is 4.39 Å². The second-order valence-corrected chi connectivity index (χ2v) is 6.70. The molecule has 0 amide bonds. The molecule has 0 saturated carbocycles. The minimum absolute atomic E-state index is 0.198. The van der Waals surface area contributed by atoms with E-state index in [4.69, 9.17) is 11.6 Å². The first-order valence-electron chi connectivity index (χ1n) is 6.81. The standard InChI is InChI=1S/C17H15BrClF/c18-17-12(9-8-11-4-1-2-5-13(11)17)10-14-15(19)6-3-7-16(14)20/h1-7,12,17H,8-10H2. The normalized spacial score (nSPS) is 21.6. The number of fused-ring (bicyclic) bond motifs is 1. The van der Waals surface area contributed by atoms with E-state index in [9.17, 15) is 4.39 Å². The van der Waals surface area contributed by atoms with Gasteiger partial charge in [0.1, 0.15) is 5.82 Å². The van der Waals surface area contributed by atoms with Gasteiger partial charge in [-0.1, -0.05) is 57.9 Å². The molecule has 0 aromatic heterocycles. The van der Waals surface area contributed by atoms with Gasteiger partial charge in [0, 0.05) is 15.4 Å². The monoisotopic (exact) mass is 352 g/mol. The number of hydrogen-bond donors (Lipinski definition) is 0. The zero-order valence-corrected chi connectivity index (χ0v) is 13.3. The third-order valence-corrected chi connectivity index (χ3v) is 5.67. The van der Waals surface area contributed by atoms with E-state index in [2.05, 4.69) is 40.2 Å². The molecule has 2 aromatic carbocycles. The van der Waals surface area contributed by atoms with Crippen molar-refractivity contribution in [3.63, 3.8) is 0 Å². The Kier molecular flexibility index (Phi) is 4.13. The zero-order chi connectivity index (χ0) is 14.1. The van der Waals surface area contributed by atoms with E-state index >= 15 is 0 Å². The van der Waals surface area contributed by atoms with E-state index in [0.717, 1.165) is 12.8 Å². The van der Waals surface area contributed by atoms with Crippen LogP contribution in [0.1, 0.15) is 27.9 Å². The highest BCUT2D eigenvalue weighted by Gasteiger charge is 2.28. The van der Waals surface area contributed by atoms with Crippen LogP contribution in [0, 0.1) is 11.7 Å². The molecule has 0 saturated heterocycles. The molecule has 0 radical (unpaired) electrons. The van der Waals surface area contributed by atoms with Gasteiger partial charge in [-0.15, -0.1) is 0 Å². The first kappa shape index (κ1) is 14.1. The molecule has 0 N–H and O–H groups in total. The summed E-state index contributed by atoms with van der Waals surface area (Å²) in [6.45, 7) is 0. The number of hydrogen-bond acceptors (Lipinski definition) is 0. The summed E-state index contributed by atoms with van der Waals surface area (Å²) in [5.74, 6) is 0.176. The van der Waals surface area contributed by atoms with Crippen molar-refractivity contribution < 1.29 is 4.39 Å². The van der Waals surface area contributed by atoms with Gasteiger partial charge in [0.25, 0.3) is 0 Å². The highest BCUT2D eigenvalue weighted by Crippen LogP contribution is 2.42. The lowest BCUT2D eigenvalue weighted by atomic mass is 9.80. The highest BCUT2D eigenvalue weighted by atomic mass is 79.9. The van der Waals surface area contributed by atoms with E-state index in [1.54, 1.807) is 12.1 Å². The molecule has 2 unspecified atom stereocenters. The molecule has 2 atom stereocenters. The van der Waals surface area contributed by atoms with Crippen LogP contribution in [0.25, 0.3) is 0 Å². The first-order valence-corrected chi connectivity index (χ1v) is 8.11. The van der Waals surface area contributed by atoms with Crippen LogP contribution < -0.4 is 0 Å². The fourth-order valence-corrected chi connectivity index (χ4v) is 4.11. The molecule has 20 heavy (non-hydrogen) atoms. The van der Waals surface area contributed by atoms with Crippen molar-refractivity contribution in [1.29, 1.82) is 0 Å². The van der Waals surface area contributed by atoms with Crippen molar-refractivity contribution in [3.05, 3.63) is 70.0 Å². The summed E-state index contributed by atoms with van der Waals surface area (Å²) in [6, 6.07) is 13.4. The second kappa shape index (κ2) is 5.87. The number of aryl methyl sites for hydroxylation is 1. The summed E-state index contributed by atoms with van der Waals surface area (Å²) >= 11 is 9.94. The quantitative estimate of drug-likeness (QED) is 0.606. The molecular weight excluding hydrogens is 339 g/mol. The fourth-order valence-electron chi connectivity index (χ4n) is 2.97. The van der Waals surface area contributed by atoms with E-state index < -0.39 is 0 Å². The van der Waals surface area contributed by atoms with Crippen LogP contribution in [0.2, 0.25) is 5.02 Å². The zero-order valence-electron chi connectivity index (χ0n) is 11.0. The molecule has 3 rings (SSSR count). The van der Waals surface area contributed by atoms with Gasteiger partial charge in [-0.3, -0.25) is 0 Å². The molecule has 0 aliphatic heterocycles. The lowest BCUT2D eigenvalue weighted by molar-refractivity contribution is 0.443. The van der Waals surface area contributed by atoms with Gasteiger partial charge in [0.05, 0.1) is 0 Å². The average Bonchev–Trinajstić information content (AvgIpc) is 2.45. The summed E-state index contributed by atoms with van der Waals surface area (Å²) in [7, 11) is 0. The molecule has 0 spiro atoms. The smallest absolute Gasteiger partial charge is 0.127 e. The minimum Gasteiger partial charge on any atom is -0.207 e. The summed E-state index contributed by atoms with van der Waals surface area (Å²) < 4.78 is 13.9. The third-order valence-electron chi connectivity index (χ3n) is 4.08. The first-order chi connectivity index (χ1) is 9.66. The van der Waals surface area contributed by atoms with Crippen LogP contribution in [0.15, 0.2) is 42.5 Å². The van der Waals surface area contributed by atoms with Crippen LogP contribution in [0.5, 0.6) is 0 Å². The van der Waals surface area contributed by atoms with Crippen LogP contribution in [-0.2, 0) is 12.8 Å². The molecule has 0 heterocycles. The Balaban J connectivity index is 1.87. The minimum atomic E-state index is -0.198. The van der Waals surface area contributed by atoms with E-state index in [1.807, 2.05) is 0 Å². The highest BCUT2D eigenvalue weighted by molar-refractivity contribution is 9.09. The topological polar surface area (TPSA) is 0 Å². The summed E-state index contributed by atoms with van der Waals surface area (Å²) in [4.78, 5) is 0.267. The Bertz CT molecular complexity index is 606. The number of benzene rings is 2. The van der Waals surface area contributed by atoms with Crippen LogP contribution in [-0.4, -0.2) is 0 Å². The van der Waals surface area contributed by atoms with Crippen LogP contribution in [0.3, 0.4) is 0 Å². The van der Waals surface area contributed by atoms with Crippen molar-refractivity contribution >= 4 is 27.5 Å². The SMILES string of the molecule is Fc1cccc(Cl)c1CC1CCc2ccccc2C1Br. The van der Waals surface area contributed by atoms with Crippen molar-refractivity contribution in [3.8, 4) is 0 Å². The van der Waals surface area contributed by atoms with Crippen molar-refractivity contribution in [2.45, 2.75) is 24.1 Å². The van der Waals surface area contributed by atoms with Gasteiger partial charge in [-0.25, -0.2) is 4.39 Å². The van der Waals surface area contributed by atoms with E-state index in [-0.39, 0.29) is 10.6 Å². The predicted molar refractivity (Wildman–Crippen MR) is 85.0 cm³/mol. The van der Waals surface area contributed by atoms with Gasteiger partial charge in [0.2, 0.25) is 0 Å².